The Hall–Kier alpha value is -2.91. The summed E-state index contributed by atoms with van der Waals surface area (Å²) in [6.07, 6.45) is 1.94. The number of anilines is 1. The van der Waals surface area contributed by atoms with Crippen molar-refractivity contribution in [3.8, 4) is 0 Å². The molecule has 0 saturated carbocycles. The minimum Gasteiger partial charge on any atom is -0.465 e. The summed E-state index contributed by atoms with van der Waals surface area (Å²) in [5.41, 5.74) is 0.419. The van der Waals surface area contributed by atoms with Crippen molar-refractivity contribution >= 4 is 29.4 Å². The van der Waals surface area contributed by atoms with Crippen LogP contribution in [0.15, 0.2) is 36.5 Å². The Morgan fingerprint density at radius 3 is 2.43 bits per heavy atom. The van der Waals surface area contributed by atoms with Crippen molar-refractivity contribution in [2.45, 2.75) is 51.2 Å². The fourth-order valence-electron chi connectivity index (χ4n) is 5.41. The summed E-state index contributed by atoms with van der Waals surface area (Å²) in [6.45, 7) is 7.40. The molecule has 4 rings (SSSR count). The van der Waals surface area contributed by atoms with Gasteiger partial charge in [-0.3, -0.25) is 4.79 Å². The van der Waals surface area contributed by atoms with E-state index in [1.54, 1.807) is 37.9 Å². The largest absolute Gasteiger partial charge is 0.465 e. The molecule has 0 spiro atoms. The van der Waals surface area contributed by atoms with Crippen molar-refractivity contribution in [1.29, 1.82) is 0 Å². The van der Waals surface area contributed by atoms with Gasteiger partial charge in [0.1, 0.15) is 11.6 Å². The smallest absolute Gasteiger partial charge is 0.407 e. The van der Waals surface area contributed by atoms with Crippen LogP contribution in [0, 0.1) is 11.7 Å². The quantitative estimate of drug-likeness (QED) is 0.575. The van der Waals surface area contributed by atoms with Crippen LogP contribution in [0.2, 0.25) is 5.02 Å². The Kier molecular flexibility index (Phi) is 7.94. The molecule has 2 amide bonds. The predicted molar refractivity (Wildman–Crippen MR) is 139 cm³/mol. The molecule has 2 fully saturated rings. The van der Waals surface area contributed by atoms with E-state index in [2.05, 4.69) is 9.88 Å². The monoisotopic (exact) mass is 532 g/mol. The predicted octanol–water partition coefficient (Wildman–Crippen LogP) is 4.31. The molecule has 1 aromatic carbocycles. The molecule has 2 saturated heterocycles. The number of likely N-dealkylation sites (N-methyl/N-ethyl adjacent to an activating group) is 1. The lowest BCUT2D eigenvalue weighted by Crippen LogP contribution is -2.45. The fraction of sp³-hybridized carbons (Fsp3) is 0.519. The lowest BCUT2D eigenvalue weighted by Gasteiger charge is -2.34. The molecule has 2 aliphatic rings. The number of carbonyl (C=O) groups is 2. The van der Waals surface area contributed by atoms with Crippen LogP contribution in [0.5, 0.6) is 0 Å². The molecule has 2 aliphatic heterocycles. The number of rotatable bonds is 6. The average molecular weight is 533 g/mol. The molecule has 0 unspecified atom stereocenters. The fourth-order valence-corrected chi connectivity index (χ4v) is 5.53. The van der Waals surface area contributed by atoms with Crippen LogP contribution in [0.3, 0.4) is 0 Å². The van der Waals surface area contributed by atoms with E-state index < -0.39 is 23.6 Å². The maximum absolute atomic E-state index is 14.2. The zero-order valence-electron chi connectivity index (χ0n) is 21.4. The topological polar surface area (TPSA) is 97.2 Å². The molecule has 8 nitrogen and oxygen atoms in total. The molecule has 1 aromatic heterocycles. The number of piperidine rings is 1. The zero-order chi connectivity index (χ0) is 26.9. The van der Waals surface area contributed by atoms with Crippen LogP contribution in [0.1, 0.15) is 50.7 Å². The van der Waals surface area contributed by atoms with Gasteiger partial charge in [-0.1, -0.05) is 23.7 Å². The highest BCUT2D eigenvalue weighted by atomic mass is 35.5. The van der Waals surface area contributed by atoms with Crippen LogP contribution in [-0.4, -0.2) is 75.8 Å². The molecule has 2 atom stereocenters. The van der Waals surface area contributed by atoms with E-state index in [9.17, 15) is 24.2 Å². The number of aromatic nitrogens is 1. The SMILES string of the molecule is CCN(C(=O)O)[C@@H]1CN(C(=O)C2CCN(c3ccc(C(C)(C)O)cn3)CC2)C[C@H]1c1ccc(Cl)c(F)c1. The number of benzene rings is 1. The van der Waals surface area contributed by atoms with E-state index >= 15 is 0 Å². The van der Waals surface area contributed by atoms with Gasteiger partial charge in [0.05, 0.1) is 16.7 Å². The molecule has 0 aliphatic carbocycles. The minimum atomic E-state index is -1.06. The summed E-state index contributed by atoms with van der Waals surface area (Å²) in [4.78, 5) is 35.2. The molecule has 0 bridgehead atoms. The highest BCUT2D eigenvalue weighted by Gasteiger charge is 2.43. The number of carboxylic acid groups (broad SMARTS) is 1. The van der Waals surface area contributed by atoms with Crippen molar-refractivity contribution in [3.63, 3.8) is 0 Å². The highest BCUT2D eigenvalue weighted by Crippen LogP contribution is 2.35. The van der Waals surface area contributed by atoms with Gasteiger partial charge in [0.15, 0.2) is 0 Å². The van der Waals surface area contributed by atoms with Crippen molar-refractivity contribution in [2.24, 2.45) is 5.92 Å². The van der Waals surface area contributed by atoms with E-state index in [4.69, 9.17) is 11.6 Å². The number of aliphatic hydroxyl groups is 1. The van der Waals surface area contributed by atoms with E-state index in [0.29, 0.717) is 38.0 Å². The highest BCUT2D eigenvalue weighted by molar-refractivity contribution is 6.30. The van der Waals surface area contributed by atoms with Gasteiger partial charge in [-0.05, 0) is 57.4 Å². The first-order valence-electron chi connectivity index (χ1n) is 12.7. The Morgan fingerprint density at radius 2 is 1.89 bits per heavy atom. The van der Waals surface area contributed by atoms with E-state index in [1.165, 1.54) is 17.0 Å². The molecule has 3 heterocycles. The molecule has 0 radical (unpaired) electrons. The van der Waals surface area contributed by atoms with Gasteiger partial charge < -0.3 is 24.9 Å². The van der Waals surface area contributed by atoms with Gasteiger partial charge in [0.2, 0.25) is 5.91 Å². The van der Waals surface area contributed by atoms with Crippen molar-refractivity contribution in [3.05, 3.63) is 58.5 Å². The summed E-state index contributed by atoms with van der Waals surface area (Å²) in [6, 6.07) is 7.82. The van der Waals surface area contributed by atoms with Gasteiger partial charge in [-0.25, -0.2) is 14.2 Å². The maximum Gasteiger partial charge on any atom is 0.407 e. The summed E-state index contributed by atoms with van der Waals surface area (Å²) >= 11 is 5.86. The Bertz CT molecular complexity index is 1130. The Labute approximate surface area is 221 Å². The van der Waals surface area contributed by atoms with E-state index in [0.717, 1.165) is 11.4 Å². The van der Waals surface area contributed by atoms with Gasteiger partial charge in [-0.2, -0.15) is 0 Å². The number of amides is 2. The summed E-state index contributed by atoms with van der Waals surface area (Å²) < 4.78 is 14.2. The molecule has 2 aromatic rings. The molecular weight excluding hydrogens is 499 g/mol. The number of hydrogen-bond acceptors (Lipinski definition) is 5. The van der Waals surface area contributed by atoms with Crippen molar-refractivity contribution in [2.75, 3.05) is 37.6 Å². The number of carbonyl (C=O) groups excluding carboxylic acids is 1. The maximum atomic E-state index is 14.2. The first kappa shape index (κ1) is 27.1. The van der Waals surface area contributed by atoms with Gasteiger partial charge in [0, 0.05) is 56.3 Å². The lowest BCUT2D eigenvalue weighted by atomic mass is 9.93. The Morgan fingerprint density at radius 1 is 1.19 bits per heavy atom. The van der Waals surface area contributed by atoms with Gasteiger partial charge in [0.25, 0.3) is 0 Å². The normalized spacial score (nSPS) is 20.8. The molecule has 200 valence electrons. The second-order valence-corrected chi connectivity index (χ2v) is 10.8. The first-order valence-corrected chi connectivity index (χ1v) is 13.0. The van der Waals surface area contributed by atoms with Gasteiger partial charge in [-0.15, -0.1) is 0 Å². The first-order chi connectivity index (χ1) is 17.5. The zero-order valence-corrected chi connectivity index (χ0v) is 22.2. The van der Waals surface area contributed by atoms with E-state index in [-0.39, 0.29) is 35.9 Å². The second kappa shape index (κ2) is 10.8. The van der Waals surface area contributed by atoms with Gasteiger partial charge >= 0.3 is 6.09 Å². The number of hydrogen-bond donors (Lipinski definition) is 2. The van der Waals surface area contributed by atoms with Crippen LogP contribution < -0.4 is 4.90 Å². The molecule has 37 heavy (non-hydrogen) atoms. The minimum absolute atomic E-state index is 0.00720. The van der Waals surface area contributed by atoms with Crippen molar-refractivity contribution in [1.82, 2.24) is 14.8 Å². The molecular formula is C27H34ClFN4O4. The van der Waals surface area contributed by atoms with Crippen LogP contribution in [0.4, 0.5) is 15.0 Å². The number of likely N-dealkylation sites (tertiary alicyclic amines) is 1. The average Bonchev–Trinajstić information content (AvgIpc) is 3.30. The Balaban J connectivity index is 1.45. The van der Waals surface area contributed by atoms with Crippen LogP contribution in [0.25, 0.3) is 0 Å². The number of nitrogens with zero attached hydrogens (tertiary/aromatic N) is 4. The van der Waals surface area contributed by atoms with Crippen LogP contribution in [-0.2, 0) is 10.4 Å². The van der Waals surface area contributed by atoms with E-state index in [1.807, 2.05) is 12.1 Å². The van der Waals surface area contributed by atoms with Crippen molar-refractivity contribution < 1.29 is 24.2 Å². The molecule has 2 N–H and O–H groups in total. The third-order valence-corrected chi connectivity index (χ3v) is 7.89. The summed E-state index contributed by atoms with van der Waals surface area (Å²) in [7, 11) is 0. The lowest BCUT2D eigenvalue weighted by molar-refractivity contribution is -0.135. The third-order valence-electron chi connectivity index (χ3n) is 7.58. The second-order valence-electron chi connectivity index (χ2n) is 10.4. The number of halogens is 2. The summed E-state index contributed by atoms with van der Waals surface area (Å²) in [5.74, 6) is -0.255. The standard InChI is InChI=1S/C27H34ClFN4O4/c1-4-33(26(35)36)23-16-32(15-20(23)18-5-7-21(28)22(29)13-18)25(34)17-9-11-31(12-10-17)24-8-6-19(14-30-24)27(2,3)37/h5-8,13-14,17,20,23,37H,4,9-12,15-16H2,1-3H3,(H,35,36)/t20-,23+/m0/s1. The van der Waals surface area contributed by atoms with Crippen LogP contribution >= 0.6 is 11.6 Å². The number of pyridine rings is 1. The summed E-state index contributed by atoms with van der Waals surface area (Å²) in [5, 5.41) is 19.9. The molecule has 10 heteroatoms. The third kappa shape index (κ3) is 5.83.